The summed E-state index contributed by atoms with van der Waals surface area (Å²) < 4.78 is 22.6. The molecule has 0 aliphatic carbocycles. The second-order valence-corrected chi connectivity index (χ2v) is 14.3. The highest BCUT2D eigenvalue weighted by atomic mass is 35.5. The van der Waals surface area contributed by atoms with E-state index in [1.807, 2.05) is 24.3 Å². The summed E-state index contributed by atoms with van der Waals surface area (Å²) >= 11 is 11.7. The molecule has 0 atom stereocenters. The van der Waals surface area contributed by atoms with Gasteiger partial charge in [-0.15, -0.1) is 23.2 Å². The van der Waals surface area contributed by atoms with Gasteiger partial charge in [0.05, 0.1) is 19.6 Å². The second kappa shape index (κ2) is 19.3. The van der Waals surface area contributed by atoms with Crippen molar-refractivity contribution < 1.29 is 53.0 Å². The largest absolute Gasteiger partial charge is 0.369 e. The van der Waals surface area contributed by atoms with Crippen LogP contribution in [-0.2, 0) is 34.7 Å². The van der Waals surface area contributed by atoms with Gasteiger partial charge in [-0.05, 0) is 37.0 Å². The minimum Gasteiger partial charge on any atom is -0.369 e. The predicted molar refractivity (Wildman–Crippen MR) is 163 cm³/mol. The van der Waals surface area contributed by atoms with Crippen LogP contribution < -0.4 is 26.2 Å². The Morgan fingerprint density at radius 2 is 1.18 bits per heavy atom. The molecular formula is C24H39Cl2N5O11P2. The van der Waals surface area contributed by atoms with E-state index in [2.05, 4.69) is 26.2 Å². The van der Waals surface area contributed by atoms with E-state index in [4.69, 9.17) is 42.8 Å². The third-order valence-corrected chi connectivity index (χ3v) is 10.4. The molecule has 0 unspecified atom stereocenters. The zero-order valence-electron chi connectivity index (χ0n) is 23.8. The molecule has 20 heteroatoms. The average molecular weight is 706 g/mol. The summed E-state index contributed by atoms with van der Waals surface area (Å²) in [6.07, 6.45) is -0.00647. The van der Waals surface area contributed by atoms with E-state index >= 15 is 0 Å². The van der Waals surface area contributed by atoms with Gasteiger partial charge in [-0.2, -0.15) is 0 Å². The van der Waals surface area contributed by atoms with Crippen molar-refractivity contribution in [2.45, 2.75) is 37.2 Å². The van der Waals surface area contributed by atoms with E-state index in [1.165, 1.54) is 0 Å². The van der Waals surface area contributed by atoms with Crippen LogP contribution in [0.4, 0.5) is 5.69 Å². The number of nitrogens with one attached hydrogen (secondary N) is 4. The molecule has 0 radical (unpaired) electrons. The number of hydrogen-bond donors (Lipinski definition) is 9. The number of hydrogen-bond acceptors (Lipinski definition) is 8. The van der Waals surface area contributed by atoms with E-state index in [0.29, 0.717) is 37.7 Å². The van der Waals surface area contributed by atoms with Crippen molar-refractivity contribution in [2.75, 3.05) is 55.9 Å². The molecule has 0 saturated heterocycles. The van der Waals surface area contributed by atoms with Crippen molar-refractivity contribution >= 4 is 67.7 Å². The van der Waals surface area contributed by atoms with Crippen molar-refractivity contribution in [2.24, 2.45) is 0 Å². The molecule has 4 amide bonds. The smallest absolute Gasteiger partial charge is 0.369 e. The molecule has 1 aromatic carbocycles. The Hall–Kier alpha value is -2.26. The fraction of sp³-hybridized carbons (Fsp3) is 0.583. The van der Waals surface area contributed by atoms with Crippen LogP contribution in [0.1, 0.15) is 31.2 Å². The zero-order valence-corrected chi connectivity index (χ0v) is 27.1. The number of benzene rings is 1. The van der Waals surface area contributed by atoms with Crippen LogP contribution in [0.15, 0.2) is 24.3 Å². The van der Waals surface area contributed by atoms with E-state index in [-0.39, 0.29) is 25.4 Å². The first-order valence-electron chi connectivity index (χ1n) is 13.4. The molecule has 0 aliphatic heterocycles. The van der Waals surface area contributed by atoms with E-state index < -0.39 is 63.9 Å². The van der Waals surface area contributed by atoms with Crippen molar-refractivity contribution in [3.8, 4) is 0 Å². The van der Waals surface area contributed by atoms with Gasteiger partial charge in [-0.25, -0.2) is 0 Å². The van der Waals surface area contributed by atoms with E-state index in [0.717, 1.165) is 11.3 Å². The minimum atomic E-state index is -5.59. The Bertz CT molecular complexity index is 1170. The zero-order chi connectivity index (χ0) is 33.4. The summed E-state index contributed by atoms with van der Waals surface area (Å²) in [4.78, 5) is 86.0. The third-order valence-electron chi connectivity index (χ3n) is 6.16. The first kappa shape index (κ1) is 39.8. The maximum Gasteiger partial charge on any atom is 0.369 e. The molecule has 0 spiro atoms. The highest BCUT2D eigenvalue weighted by Crippen LogP contribution is 2.69. The van der Waals surface area contributed by atoms with Gasteiger partial charge in [0.25, 0.3) is 5.08 Å². The average Bonchev–Trinajstić information content (AvgIpc) is 2.95. The molecule has 0 aromatic heterocycles. The second-order valence-electron chi connectivity index (χ2n) is 9.53. The molecule has 0 fully saturated rings. The third kappa shape index (κ3) is 14.2. The van der Waals surface area contributed by atoms with Crippen molar-refractivity contribution in [1.82, 2.24) is 21.3 Å². The fourth-order valence-electron chi connectivity index (χ4n) is 3.73. The Labute approximate surface area is 264 Å². The molecule has 250 valence electrons. The molecular weight excluding hydrogens is 667 g/mol. The van der Waals surface area contributed by atoms with Crippen LogP contribution in [0.25, 0.3) is 0 Å². The summed E-state index contributed by atoms with van der Waals surface area (Å²) in [6, 6.07) is 7.88. The number of carbonyl (C=O) groups is 4. The van der Waals surface area contributed by atoms with E-state index in [9.17, 15) is 33.4 Å². The lowest BCUT2D eigenvalue weighted by molar-refractivity contribution is -0.128. The summed E-state index contributed by atoms with van der Waals surface area (Å²) in [6.45, 7) is -0.331. The molecule has 0 bridgehead atoms. The van der Waals surface area contributed by atoms with Crippen LogP contribution >= 0.6 is 38.4 Å². The van der Waals surface area contributed by atoms with Gasteiger partial charge in [0.1, 0.15) is 0 Å². The predicted octanol–water partition coefficient (Wildman–Crippen LogP) is -0.460. The molecule has 16 nitrogen and oxygen atoms in total. The summed E-state index contributed by atoms with van der Waals surface area (Å²) in [5.74, 6) is -1.48. The summed E-state index contributed by atoms with van der Waals surface area (Å²) in [5.41, 5.74) is 2.05. The van der Waals surface area contributed by atoms with Crippen LogP contribution in [0, 0.1) is 0 Å². The molecule has 0 saturated carbocycles. The SMILES string of the molecule is O=C(CCCc1ccc(N(CCCl)CCCl)cc1)NCC(=O)NCC(=O)NCC(=O)NCCCC(O)(P(=O)(O)O)P(=O)(O)O. The minimum absolute atomic E-state index is 0.188. The highest BCUT2D eigenvalue weighted by Gasteiger charge is 2.58. The molecule has 44 heavy (non-hydrogen) atoms. The van der Waals surface area contributed by atoms with Crippen LogP contribution in [0.2, 0.25) is 0 Å². The Kier molecular flexibility index (Phi) is 17.4. The Balaban J connectivity index is 2.24. The Morgan fingerprint density at radius 3 is 1.64 bits per heavy atom. The van der Waals surface area contributed by atoms with Crippen LogP contribution in [0.5, 0.6) is 0 Å². The number of alkyl halides is 2. The van der Waals surface area contributed by atoms with Gasteiger partial charge in [-0.3, -0.25) is 28.3 Å². The fourth-order valence-corrected chi connectivity index (χ4v) is 6.39. The quantitative estimate of drug-likeness (QED) is 0.0447. The van der Waals surface area contributed by atoms with Gasteiger partial charge >= 0.3 is 15.2 Å². The molecule has 1 rings (SSSR count). The lowest BCUT2D eigenvalue weighted by Gasteiger charge is -2.29. The van der Waals surface area contributed by atoms with E-state index in [1.54, 1.807) is 0 Å². The van der Waals surface area contributed by atoms with Gasteiger partial charge in [0, 0.05) is 49.9 Å². The van der Waals surface area contributed by atoms with Crippen LogP contribution in [-0.4, -0.2) is 104 Å². The number of aryl methyl sites for hydroxylation is 1. The number of carbonyl (C=O) groups excluding carboxylic acids is 4. The maximum atomic E-state index is 12.1. The van der Waals surface area contributed by atoms with Gasteiger partial charge in [0.2, 0.25) is 23.6 Å². The van der Waals surface area contributed by atoms with Crippen molar-refractivity contribution in [1.29, 1.82) is 0 Å². The normalized spacial score (nSPS) is 11.9. The first-order valence-corrected chi connectivity index (χ1v) is 17.7. The summed E-state index contributed by atoms with van der Waals surface area (Å²) in [7, 11) is -11.2. The molecule has 0 aliphatic rings. The topological polar surface area (TPSA) is 255 Å². The molecule has 0 heterocycles. The van der Waals surface area contributed by atoms with Crippen molar-refractivity contribution in [3.05, 3.63) is 29.8 Å². The highest BCUT2D eigenvalue weighted by molar-refractivity contribution is 7.72. The van der Waals surface area contributed by atoms with Gasteiger partial charge in [0.15, 0.2) is 0 Å². The van der Waals surface area contributed by atoms with Crippen LogP contribution in [0.3, 0.4) is 0 Å². The molecule has 1 aromatic rings. The number of amides is 4. The lowest BCUT2D eigenvalue weighted by Crippen LogP contribution is -2.44. The standard InChI is InChI=1S/C24H39Cl2N5O11P2/c25-10-13-31(14-11-26)19-7-5-18(6-8-19)3-1-4-20(32)28-16-22(34)30-17-23(35)29-15-21(33)27-12-2-9-24(36,43(37,38)39)44(40,41)42/h5-8,36H,1-4,9-17H2,(H,27,33)(H,28,32)(H,29,35)(H,30,34)(H2,37,38,39)(H2,40,41,42). The Morgan fingerprint density at radius 1 is 0.727 bits per heavy atom. The number of aliphatic hydroxyl groups is 1. The summed E-state index contributed by atoms with van der Waals surface area (Å²) in [5, 5.41) is 15.4. The monoisotopic (exact) mass is 705 g/mol. The number of anilines is 1. The number of halogens is 2. The molecule has 9 N–H and O–H groups in total. The number of nitrogens with zero attached hydrogens (tertiary/aromatic N) is 1. The maximum absolute atomic E-state index is 12.1. The number of rotatable bonds is 21. The lowest BCUT2D eigenvalue weighted by atomic mass is 10.1. The van der Waals surface area contributed by atoms with Crippen molar-refractivity contribution in [3.63, 3.8) is 0 Å². The van der Waals surface area contributed by atoms with Gasteiger partial charge in [-0.1, -0.05) is 12.1 Å². The van der Waals surface area contributed by atoms with Gasteiger partial charge < -0.3 is 50.8 Å². The first-order chi connectivity index (χ1) is 20.5.